The van der Waals surface area contributed by atoms with Gasteiger partial charge in [0.1, 0.15) is 6.54 Å². The van der Waals surface area contributed by atoms with Crippen LogP contribution >= 0.6 is 24.0 Å². The molecule has 1 aromatic rings. The number of guanidine groups is 1. The van der Waals surface area contributed by atoms with Gasteiger partial charge in [-0.1, -0.05) is 25.9 Å². The first-order valence-corrected chi connectivity index (χ1v) is 9.82. The molecule has 1 aliphatic rings. The molecular formula is C19H36IN5O. The van der Waals surface area contributed by atoms with E-state index in [4.69, 9.17) is 4.52 Å². The minimum absolute atomic E-state index is 0. The van der Waals surface area contributed by atoms with Gasteiger partial charge in [-0.15, -0.1) is 24.0 Å². The zero-order chi connectivity index (χ0) is 18.1. The van der Waals surface area contributed by atoms with Crippen molar-refractivity contribution in [3.8, 4) is 0 Å². The average molecular weight is 477 g/mol. The summed E-state index contributed by atoms with van der Waals surface area (Å²) in [5, 5.41) is 10.8. The number of nitrogens with one attached hydrogen (secondary N) is 2. The summed E-state index contributed by atoms with van der Waals surface area (Å²) in [6, 6.07) is 2.00. The first-order valence-electron chi connectivity index (χ1n) is 9.82. The second-order valence-corrected chi connectivity index (χ2v) is 7.16. The lowest BCUT2D eigenvalue weighted by molar-refractivity contribution is 0.187. The van der Waals surface area contributed by atoms with Crippen LogP contribution in [0.25, 0.3) is 0 Å². The lowest BCUT2D eigenvalue weighted by Gasteiger charge is -2.31. The molecule has 0 bridgehead atoms. The third-order valence-electron chi connectivity index (χ3n) is 4.91. The quantitative estimate of drug-likeness (QED) is 0.341. The molecule has 7 heteroatoms. The summed E-state index contributed by atoms with van der Waals surface area (Å²) in [4.78, 5) is 7.16. The monoisotopic (exact) mass is 477 g/mol. The van der Waals surface area contributed by atoms with E-state index >= 15 is 0 Å². The molecule has 1 aromatic heterocycles. The Bertz CT molecular complexity index is 524. The molecule has 0 saturated carbocycles. The average Bonchev–Trinajstić information content (AvgIpc) is 3.09. The Hall–Kier alpha value is -0.830. The molecule has 150 valence electrons. The van der Waals surface area contributed by atoms with Gasteiger partial charge < -0.3 is 20.1 Å². The lowest BCUT2D eigenvalue weighted by atomic mass is 9.93. The predicted molar refractivity (Wildman–Crippen MR) is 118 cm³/mol. The molecule has 0 aromatic carbocycles. The molecule has 1 saturated heterocycles. The minimum atomic E-state index is 0. The Morgan fingerprint density at radius 2 is 2.04 bits per heavy atom. The van der Waals surface area contributed by atoms with Gasteiger partial charge in [-0.3, -0.25) is 0 Å². The molecule has 1 aliphatic heterocycles. The van der Waals surface area contributed by atoms with Crippen LogP contribution in [-0.2, 0) is 6.54 Å². The van der Waals surface area contributed by atoms with Gasteiger partial charge in [0.25, 0.3) is 0 Å². The third kappa shape index (κ3) is 7.82. The van der Waals surface area contributed by atoms with Crippen LogP contribution in [0.1, 0.15) is 64.3 Å². The second kappa shape index (κ2) is 12.5. The standard InChI is InChI=1S/C19H35N5O.HI/c1-5-20-19(22-14-17-13-18(15(3)4)23-25-17)21-10-7-16-8-11-24(6-2)12-9-16;/h13,15-16H,5-12,14H2,1-4H3,(H2,20,21,22);1H. The molecule has 0 radical (unpaired) electrons. The van der Waals surface area contributed by atoms with Crippen LogP contribution in [0.15, 0.2) is 15.6 Å². The van der Waals surface area contributed by atoms with Gasteiger partial charge in [0.05, 0.1) is 5.69 Å². The maximum Gasteiger partial charge on any atom is 0.191 e. The highest BCUT2D eigenvalue weighted by Crippen LogP contribution is 2.19. The number of nitrogens with zero attached hydrogens (tertiary/aromatic N) is 3. The Labute approximate surface area is 175 Å². The number of likely N-dealkylation sites (tertiary alicyclic amines) is 1. The number of aromatic nitrogens is 1. The fourth-order valence-corrected chi connectivity index (χ4v) is 3.16. The van der Waals surface area contributed by atoms with Crippen LogP contribution < -0.4 is 10.6 Å². The number of rotatable bonds is 8. The third-order valence-corrected chi connectivity index (χ3v) is 4.91. The van der Waals surface area contributed by atoms with Gasteiger partial charge in [0, 0.05) is 19.2 Å². The van der Waals surface area contributed by atoms with Gasteiger partial charge in [-0.2, -0.15) is 0 Å². The Morgan fingerprint density at radius 1 is 1.31 bits per heavy atom. The largest absolute Gasteiger partial charge is 0.359 e. The highest BCUT2D eigenvalue weighted by molar-refractivity contribution is 14.0. The lowest BCUT2D eigenvalue weighted by Crippen LogP contribution is -2.39. The van der Waals surface area contributed by atoms with Crippen LogP contribution in [0.2, 0.25) is 0 Å². The summed E-state index contributed by atoms with van der Waals surface area (Å²) in [5.74, 6) is 2.89. The highest BCUT2D eigenvalue weighted by atomic mass is 127. The van der Waals surface area contributed by atoms with Crippen molar-refractivity contribution in [1.82, 2.24) is 20.7 Å². The molecule has 0 spiro atoms. The van der Waals surface area contributed by atoms with Crippen molar-refractivity contribution in [3.05, 3.63) is 17.5 Å². The number of halogens is 1. The zero-order valence-electron chi connectivity index (χ0n) is 16.8. The molecule has 0 unspecified atom stereocenters. The van der Waals surface area contributed by atoms with Gasteiger partial charge in [-0.25, -0.2) is 4.99 Å². The Morgan fingerprint density at radius 3 is 2.62 bits per heavy atom. The van der Waals surface area contributed by atoms with Crippen molar-refractivity contribution in [2.45, 2.75) is 59.4 Å². The summed E-state index contributed by atoms with van der Waals surface area (Å²) in [6.07, 6.45) is 3.85. The summed E-state index contributed by atoms with van der Waals surface area (Å²) in [5.41, 5.74) is 0.988. The Balaban J connectivity index is 0.00000338. The predicted octanol–water partition coefficient (Wildman–Crippen LogP) is 3.59. The molecule has 2 N–H and O–H groups in total. The van der Waals surface area contributed by atoms with Crippen LogP contribution in [0.5, 0.6) is 0 Å². The van der Waals surface area contributed by atoms with E-state index in [0.29, 0.717) is 12.5 Å². The molecular weight excluding hydrogens is 441 g/mol. The molecule has 1 fully saturated rings. The molecule has 0 atom stereocenters. The summed E-state index contributed by atoms with van der Waals surface area (Å²) >= 11 is 0. The number of hydrogen-bond donors (Lipinski definition) is 2. The summed E-state index contributed by atoms with van der Waals surface area (Å²) in [6.45, 7) is 14.6. The van der Waals surface area contributed by atoms with Gasteiger partial charge in [0.2, 0.25) is 0 Å². The fourth-order valence-electron chi connectivity index (χ4n) is 3.16. The minimum Gasteiger partial charge on any atom is -0.359 e. The van der Waals surface area contributed by atoms with Crippen molar-refractivity contribution in [2.75, 3.05) is 32.7 Å². The van der Waals surface area contributed by atoms with Crippen molar-refractivity contribution in [2.24, 2.45) is 10.9 Å². The van der Waals surface area contributed by atoms with E-state index in [-0.39, 0.29) is 24.0 Å². The van der Waals surface area contributed by atoms with Crippen molar-refractivity contribution >= 4 is 29.9 Å². The fraction of sp³-hybridized carbons (Fsp3) is 0.789. The van der Waals surface area contributed by atoms with Crippen LogP contribution in [0.3, 0.4) is 0 Å². The van der Waals surface area contributed by atoms with Gasteiger partial charge in [0.15, 0.2) is 11.7 Å². The molecule has 2 heterocycles. The van der Waals surface area contributed by atoms with Gasteiger partial charge >= 0.3 is 0 Å². The Kier molecular flexibility index (Phi) is 11.2. The van der Waals surface area contributed by atoms with E-state index in [1.807, 2.05) is 6.07 Å². The SMILES string of the molecule is CCNC(=NCc1cc(C(C)C)no1)NCCC1CCN(CC)CC1.I. The first-order chi connectivity index (χ1) is 12.1. The topological polar surface area (TPSA) is 65.7 Å². The maximum atomic E-state index is 5.36. The second-order valence-electron chi connectivity index (χ2n) is 7.16. The zero-order valence-corrected chi connectivity index (χ0v) is 19.1. The smallest absolute Gasteiger partial charge is 0.191 e. The van der Waals surface area contributed by atoms with E-state index in [0.717, 1.165) is 36.4 Å². The van der Waals surface area contributed by atoms with Crippen molar-refractivity contribution < 1.29 is 4.52 Å². The number of piperidine rings is 1. The number of aliphatic imine (C=N–C) groups is 1. The highest BCUT2D eigenvalue weighted by Gasteiger charge is 2.17. The van der Waals surface area contributed by atoms with E-state index in [2.05, 4.69) is 53.4 Å². The molecule has 0 amide bonds. The van der Waals surface area contributed by atoms with Crippen molar-refractivity contribution in [3.63, 3.8) is 0 Å². The van der Waals surface area contributed by atoms with Crippen LogP contribution in [0, 0.1) is 5.92 Å². The maximum absolute atomic E-state index is 5.36. The van der Waals surface area contributed by atoms with Gasteiger partial charge in [-0.05, 0) is 57.7 Å². The molecule has 2 rings (SSSR count). The van der Waals surface area contributed by atoms with Crippen molar-refractivity contribution in [1.29, 1.82) is 0 Å². The molecule has 6 nitrogen and oxygen atoms in total. The molecule has 26 heavy (non-hydrogen) atoms. The summed E-state index contributed by atoms with van der Waals surface area (Å²) < 4.78 is 5.36. The van der Waals surface area contributed by atoms with E-state index < -0.39 is 0 Å². The first kappa shape index (κ1) is 23.2. The van der Waals surface area contributed by atoms with Crippen LogP contribution in [-0.4, -0.2) is 48.7 Å². The van der Waals surface area contributed by atoms with E-state index in [1.54, 1.807) is 0 Å². The van der Waals surface area contributed by atoms with Crippen LogP contribution in [0.4, 0.5) is 0 Å². The number of hydrogen-bond acceptors (Lipinski definition) is 4. The summed E-state index contributed by atoms with van der Waals surface area (Å²) in [7, 11) is 0. The van der Waals surface area contributed by atoms with E-state index in [1.165, 1.54) is 38.9 Å². The van der Waals surface area contributed by atoms with E-state index in [9.17, 15) is 0 Å². The normalized spacial score (nSPS) is 16.6. The molecule has 0 aliphatic carbocycles.